The van der Waals surface area contributed by atoms with Crippen LogP contribution >= 0.6 is 39.1 Å². The lowest BCUT2D eigenvalue weighted by Gasteiger charge is -2.14. The van der Waals surface area contributed by atoms with Crippen molar-refractivity contribution >= 4 is 61.6 Å². The average Bonchev–Trinajstić information content (AvgIpc) is 2.85. The Morgan fingerprint density at radius 1 is 0.912 bits per heavy atom. The molecule has 0 heterocycles. The van der Waals surface area contributed by atoms with E-state index in [1.54, 1.807) is 12.1 Å². The average molecular weight is 553 g/mol. The standard InChI is InChI=1S/C28H20BrCl2NO2/c1-2-33-27-14-22(13-23(16-32)21-9-8-19-5-3-4-6-20(19)12-21)24(29)15-28(27)34-17-18-7-10-25(30)26(31)11-18/h3-15H,2,17H2,1H3/b23-13-. The molecule has 170 valence electrons. The van der Waals surface area contributed by atoms with Gasteiger partial charge in [-0.3, -0.25) is 0 Å². The lowest BCUT2D eigenvalue weighted by Crippen LogP contribution is -2.00. The van der Waals surface area contributed by atoms with Crippen molar-refractivity contribution < 1.29 is 9.47 Å². The summed E-state index contributed by atoms with van der Waals surface area (Å²) in [6.45, 7) is 2.69. The molecule has 0 aliphatic rings. The third kappa shape index (κ3) is 5.56. The van der Waals surface area contributed by atoms with E-state index in [2.05, 4.69) is 28.1 Å². The number of benzene rings is 4. The molecule has 0 atom stereocenters. The Bertz CT molecular complexity index is 1430. The summed E-state index contributed by atoms with van der Waals surface area (Å²) in [7, 11) is 0. The van der Waals surface area contributed by atoms with Crippen molar-refractivity contribution in [2.45, 2.75) is 13.5 Å². The van der Waals surface area contributed by atoms with Crippen molar-refractivity contribution in [1.82, 2.24) is 0 Å². The first-order valence-corrected chi connectivity index (χ1v) is 12.2. The first-order chi connectivity index (χ1) is 16.5. The molecule has 0 aromatic heterocycles. The van der Waals surface area contributed by atoms with Crippen LogP contribution in [0.3, 0.4) is 0 Å². The zero-order chi connectivity index (χ0) is 24.1. The van der Waals surface area contributed by atoms with Crippen molar-refractivity contribution in [3.05, 3.63) is 104 Å². The van der Waals surface area contributed by atoms with E-state index < -0.39 is 0 Å². The first-order valence-electron chi connectivity index (χ1n) is 10.6. The minimum Gasteiger partial charge on any atom is -0.490 e. The first kappa shape index (κ1) is 24.2. The van der Waals surface area contributed by atoms with Crippen molar-refractivity contribution in [1.29, 1.82) is 5.26 Å². The van der Waals surface area contributed by atoms with Crippen LogP contribution in [0.4, 0.5) is 0 Å². The van der Waals surface area contributed by atoms with Gasteiger partial charge in [-0.25, -0.2) is 0 Å². The monoisotopic (exact) mass is 551 g/mol. The van der Waals surface area contributed by atoms with Crippen molar-refractivity contribution in [2.24, 2.45) is 0 Å². The van der Waals surface area contributed by atoms with Crippen LogP contribution in [0.2, 0.25) is 10.0 Å². The van der Waals surface area contributed by atoms with Crippen LogP contribution in [0.25, 0.3) is 22.4 Å². The number of hydrogen-bond donors (Lipinski definition) is 0. The number of fused-ring (bicyclic) bond motifs is 1. The van der Waals surface area contributed by atoms with Crippen molar-refractivity contribution in [2.75, 3.05) is 6.61 Å². The molecule has 4 aromatic carbocycles. The number of nitrogens with zero attached hydrogens (tertiary/aromatic N) is 1. The summed E-state index contributed by atoms with van der Waals surface area (Å²) in [6, 6.07) is 25.5. The minimum atomic E-state index is 0.305. The Labute approximate surface area is 217 Å². The van der Waals surface area contributed by atoms with Gasteiger partial charge in [0.2, 0.25) is 0 Å². The highest BCUT2D eigenvalue weighted by Gasteiger charge is 2.12. The highest BCUT2D eigenvalue weighted by molar-refractivity contribution is 9.10. The normalized spacial score (nSPS) is 11.3. The molecule has 0 saturated carbocycles. The number of rotatable bonds is 7. The largest absolute Gasteiger partial charge is 0.490 e. The Morgan fingerprint density at radius 2 is 1.68 bits per heavy atom. The molecule has 0 aliphatic carbocycles. The molecule has 0 unspecified atom stereocenters. The second kappa shape index (κ2) is 11.0. The number of allylic oxidation sites excluding steroid dienone is 1. The molecule has 0 bridgehead atoms. The molecular formula is C28H20BrCl2NO2. The van der Waals surface area contributed by atoms with Crippen LogP contribution in [0.5, 0.6) is 11.5 Å². The summed E-state index contributed by atoms with van der Waals surface area (Å²) in [5.41, 5.74) is 3.11. The quantitative estimate of drug-likeness (QED) is 0.170. The number of nitriles is 1. The van der Waals surface area contributed by atoms with Gasteiger partial charge in [0.1, 0.15) is 6.61 Å². The Morgan fingerprint density at radius 3 is 2.41 bits per heavy atom. The molecule has 0 aliphatic heterocycles. The Hall–Kier alpha value is -2.97. The van der Waals surface area contributed by atoms with Gasteiger partial charge in [0, 0.05) is 4.47 Å². The highest BCUT2D eigenvalue weighted by Crippen LogP contribution is 2.36. The summed E-state index contributed by atoms with van der Waals surface area (Å²) in [5.74, 6) is 1.17. The maximum absolute atomic E-state index is 9.87. The molecule has 0 amide bonds. The lowest BCUT2D eigenvalue weighted by atomic mass is 10.00. The maximum Gasteiger partial charge on any atom is 0.162 e. The van der Waals surface area contributed by atoms with Crippen LogP contribution in [-0.4, -0.2) is 6.61 Å². The second-order valence-corrected chi connectivity index (χ2v) is 9.19. The van der Waals surface area contributed by atoms with E-state index in [1.165, 1.54) is 0 Å². The van der Waals surface area contributed by atoms with Gasteiger partial charge in [-0.05, 0) is 70.8 Å². The van der Waals surface area contributed by atoms with Gasteiger partial charge in [-0.15, -0.1) is 0 Å². The number of hydrogen-bond acceptors (Lipinski definition) is 3. The maximum atomic E-state index is 9.87. The van der Waals surface area contributed by atoms with E-state index in [-0.39, 0.29) is 0 Å². The van der Waals surface area contributed by atoms with E-state index in [9.17, 15) is 5.26 Å². The molecule has 0 radical (unpaired) electrons. The fraction of sp³-hybridized carbons (Fsp3) is 0.107. The van der Waals surface area contributed by atoms with Crippen molar-refractivity contribution in [3.8, 4) is 17.6 Å². The van der Waals surface area contributed by atoms with E-state index >= 15 is 0 Å². The molecule has 0 spiro atoms. The predicted octanol–water partition coefficient (Wildman–Crippen LogP) is 8.95. The van der Waals surface area contributed by atoms with E-state index in [1.807, 2.05) is 67.6 Å². The van der Waals surface area contributed by atoms with Crippen LogP contribution < -0.4 is 9.47 Å². The van der Waals surface area contributed by atoms with Crippen LogP contribution in [-0.2, 0) is 6.61 Å². The molecule has 0 N–H and O–H groups in total. The summed E-state index contributed by atoms with van der Waals surface area (Å²) in [4.78, 5) is 0. The van der Waals surface area contributed by atoms with Gasteiger partial charge < -0.3 is 9.47 Å². The summed E-state index contributed by atoms with van der Waals surface area (Å²) in [5, 5.41) is 13.1. The van der Waals surface area contributed by atoms with Crippen LogP contribution in [0, 0.1) is 11.3 Å². The van der Waals surface area contributed by atoms with Crippen LogP contribution in [0.15, 0.2) is 77.3 Å². The third-order valence-corrected chi connectivity index (χ3v) is 6.65. The minimum absolute atomic E-state index is 0.305. The van der Waals surface area contributed by atoms with Crippen LogP contribution in [0.1, 0.15) is 23.6 Å². The zero-order valence-corrected chi connectivity index (χ0v) is 21.4. The third-order valence-electron chi connectivity index (χ3n) is 5.22. The van der Waals surface area contributed by atoms with E-state index in [0.29, 0.717) is 40.3 Å². The fourth-order valence-corrected chi connectivity index (χ4v) is 4.28. The van der Waals surface area contributed by atoms with Gasteiger partial charge in [0.15, 0.2) is 11.5 Å². The fourth-order valence-electron chi connectivity index (χ4n) is 3.53. The van der Waals surface area contributed by atoms with Crippen molar-refractivity contribution in [3.63, 3.8) is 0 Å². The summed E-state index contributed by atoms with van der Waals surface area (Å²) < 4.78 is 12.7. The Kier molecular flexibility index (Phi) is 7.80. The second-order valence-electron chi connectivity index (χ2n) is 7.52. The van der Waals surface area contributed by atoms with Gasteiger partial charge >= 0.3 is 0 Å². The molecule has 4 rings (SSSR count). The molecule has 34 heavy (non-hydrogen) atoms. The molecule has 0 saturated heterocycles. The smallest absolute Gasteiger partial charge is 0.162 e. The molecular weight excluding hydrogens is 533 g/mol. The molecule has 3 nitrogen and oxygen atoms in total. The lowest BCUT2D eigenvalue weighted by molar-refractivity contribution is 0.269. The predicted molar refractivity (Wildman–Crippen MR) is 144 cm³/mol. The zero-order valence-electron chi connectivity index (χ0n) is 18.3. The molecule has 0 fully saturated rings. The summed E-state index contributed by atoms with van der Waals surface area (Å²) in [6.07, 6.45) is 1.85. The van der Waals surface area contributed by atoms with Gasteiger partial charge in [-0.1, -0.05) is 81.6 Å². The van der Waals surface area contributed by atoms with Gasteiger partial charge in [-0.2, -0.15) is 5.26 Å². The number of halogens is 3. The van der Waals surface area contributed by atoms with E-state index in [4.69, 9.17) is 32.7 Å². The van der Waals surface area contributed by atoms with Gasteiger partial charge in [0.05, 0.1) is 28.3 Å². The van der Waals surface area contributed by atoms with E-state index in [0.717, 1.165) is 31.9 Å². The topological polar surface area (TPSA) is 42.2 Å². The SMILES string of the molecule is CCOc1cc(/C=C(/C#N)c2ccc3ccccc3c2)c(Br)cc1OCc1ccc(Cl)c(Cl)c1. The number of ether oxygens (including phenoxy) is 2. The molecule has 6 heteroatoms. The van der Waals surface area contributed by atoms with Gasteiger partial charge in [0.25, 0.3) is 0 Å². The molecule has 4 aromatic rings. The highest BCUT2D eigenvalue weighted by atomic mass is 79.9. The Balaban J connectivity index is 1.65. The summed E-state index contributed by atoms with van der Waals surface area (Å²) >= 11 is 15.7.